The molecule has 4 nitrogen and oxygen atoms in total. The molecule has 0 spiro atoms. The number of amides is 1. The van der Waals surface area contributed by atoms with Gasteiger partial charge in [-0.2, -0.15) is 0 Å². The highest BCUT2D eigenvalue weighted by Gasteiger charge is 2.09. The predicted molar refractivity (Wildman–Crippen MR) is 92.6 cm³/mol. The first-order valence-electron chi connectivity index (χ1n) is 6.82. The first-order valence-corrected chi connectivity index (χ1v) is 7.23. The van der Waals surface area contributed by atoms with Crippen molar-refractivity contribution in [3.63, 3.8) is 0 Å². The third-order valence-electron chi connectivity index (χ3n) is 3.04. The quantitative estimate of drug-likeness (QED) is 0.852. The van der Waals surface area contributed by atoms with Crippen molar-refractivity contribution in [1.82, 2.24) is 5.32 Å². The third kappa shape index (κ3) is 4.30. The maximum absolute atomic E-state index is 12.2. The molecule has 2 aromatic carbocycles. The Hall–Kier alpha value is -2.40. The van der Waals surface area contributed by atoms with Gasteiger partial charge in [-0.15, -0.1) is 0 Å². The molecule has 0 aromatic heterocycles. The lowest BCUT2D eigenvalue weighted by atomic mass is 10.1. The van der Waals surface area contributed by atoms with Crippen LogP contribution in [0.25, 0.3) is 0 Å². The van der Waals surface area contributed by atoms with Crippen LogP contribution in [0.15, 0.2) is 42.5 Å². The summed E-state index contributed by atoms with van der Waals surface area (Å²) in [5, 5.41) is 5.94. The molecular weight excluding hydrogens is 296 g/mol. The van der Waals surface area contributed by atoms with E-state index in [4.69, 9.17) is 17.0 Å². The van der Waals surface area contributed by atoms with Gasteiger partial charge in [0.15, 0.2) is 5.11 Å². The van der Waals surface area contributed by atoms with Crippen LogP contribution in [-0.2, 0) is 0 Å². The Kier molecular flexibility index (Phi) is 5.12. The molecule has 0 atom stereocenters. The molecule has 0 unspecified atom stereocenters. The van der Waals surface area contributed by atoms with Gasteiger partial charge in [0.1, 0.15) is 5.75 Å². The van der Waals surface area contributed by atoms with Gasteiger partial charge in [0, 0.05) is 11.3 Å². The van der Waals surface area contributed by atoms with Crippen LogP contribution in [0.1, 0.15) is 21.5 Å². The standard InChI is InChI=1S/C17H18N2O2S/c1-11-7-12(2)9-14(8-11)18-17(22)19-16(20)13-5-4-6-15(10-13)21-3/h4-10H,1-3H3,(H2,18,19,20,22). The minimum Gasteiger partial charge on any atom is -0.497 e. The summed E-state index contributed by atoms with van der Waals surface area (Å²) in [7, 11) is 1.56. The molecule has 0 bridgehead atoms. The molecular formula is C17H18N2O2S. The van der Waals surface area contributed by atoms with E-state index < -0.39 is 0 Å². The molecule has 22 heavy (non-hydrogen) atoms. The van der Waals surface area contributed by atoms with Gasteiger partial charge < -0.3 is 10.1 Å². The first kappa shape index (κ1) is 16.0. The molecule has 2 rings (SSSR count). The van der Waals surface area contributed by atoms with Gasteiger partial charge in [-0.25, -0.2) is 0 Å². The molecule has 1 amide bonds. The average molecular weight is 314 g/mol. The normalized spacial score (nSPS) is 9.95. The number of anilines is 1. The van der Waals surface area contributed by atoms with Gasteiger partial charge in [-0.3, -0.25) is 10.1 Å². The zero-order valence-electron chi connectivity index (χ0n) is 12.8. The molecule has 0 saturated carbocycles. The summed E-state index contributed by atoms with van der Waals surface area (Å²) in [6, 6.07) is 12.9. The summed E-state index contributed by atoms with van der Waals surface area (Å²) in [6.07, 6.45) is 0. The number of aryl methyl sites for hydroxylation is 2. The Morgan fingerprint density at radius 3 is 2.41 bits per heavy atom. The molecule has 0 aliphatic heterocycles. The number of ether oxygens (including phenoxy) is 1. The van der Waals surface area contributed by atoms with E-state index in [-0.39, 0.29) is 11.0 Å². The number of thiocarbonyl (C=S) groups is 1. The van der Waals surface area contributed by atoms with Crippen molar-refractivity contribution in [1.29, 1.82) is 0 Å². The fourth-order valence-electron chi connectivity index (χ4n) is 2.15. The largest absolute Gasteiger partial charge is 0.497 e. The van der Waals surface area contributed by atoms with Crippen LogP contribution < -0.4 is 15.4 Å². The van der Waals surface area contributed by atoms with Gasteiger partial charge in [0.05, 0.1) is 7.11 Å². The van der Waals surface area contributed by atoms with Crippen molar-refractivity contribution in [2.75, 3.05) is 12.4 Å². The Morgan fingerprint density at radius 2 is 1.77 bits per heavy atom. The molecule has 0 heterocycles. The summed E-state index contributed by atoms with van der Waals surface area (Å²) in [4.78, 5) is 12.2. The molecule has 0 fully saturated rings. The van der Waals surface area contributed by atoms with Crippen LogP contribution in [0.5, 0.6) is 5.75 Å². The van der Waals surface area contributed by atoms with Crippen LogP contribution in [0.2, 0.25) is 0 Å². The van der Waals surface area contributed by atoms with Gasteiger partial charge in [0.25, 0.3) is 5.91 Å². The molecule has 0 radical (unpaired) electrons. The SMILES string of the molecule is COc1cccc(C(=O)NC(=S)Nc2cc(C)cc(C)c2)c1. The average Bonchev–Trinajstić information content (AvgIpc) is 2.46. The smallest absolute Gasteiger partial charge is 0.257 e. The van der Waals surface area contributed by atoms with Crippen LogP contribution in [0, 0.1) is 13.8 Å². The molecule has 2 N–H and O–H groups in total. The van der Waals surface area contributed by atoms with Crippen molar-refractivity contribution in [3.05, 3.63) is 59.2 Å². The molecule has 2 aromatic rings. The summed E-state index contributed by atoms with van der Waals surface area (Å²) in [5.74, 6) is 0.349. The van der Waals surface area contributed by atoms with Gasteiger partial charge in [-0.05, 0) is 67.5 Å². The van der Waals surface area contributed by atoms with Crippen LogP contribution >= 0.6 is 12.2 Å². The van der Waals surface area contributed by atoms with E-state index in [9.17, 15) is 4.79 Å². The third-order valence-corrected chi connectivity index (χ3v) is 3.24. The lowest BCUT2D eigenvalue weighted by Crippen LogP contribution is -2.34. The highest BCUT2D eigenvalue weighted by molar-refractivity contribution is 7.80. The first-order chi connectivity index (χ1) is 10.5. The lowest BCUT2D eigenvalue weighted by Gasteiger charge is -2.11. The summed E-state index contributed by atoms with van der Waals surface area (Å²) < 4.78 is 5.10. The fraction of sp³-hybridized carbons (Fsp3) is 0.176. The zero-order valence-corrected chi connectivity index (χ0v) is 13.6. The minimum atomic E-state index is -0.277. The zero-order chi connectivity index (χ0) is 16.1. The van der Waals surface area contributed by atoms with Gasteiger partial charge in [0.2, 0.25) is 0 Å². The topological polar surface area (TPSA) is 50.4 Å². The summed E-state index contributed by atoms with van der Waals surface area (Å²) in [5.41, 5.74) is 3.60. The second-order valence-corrected chi connectivity index (χ2v) is 5.42. The Balaban J connectivity index is 2.03. The van der Waals surface area contributed by atoms with Crippen molar-refractivity contribution in [2.24, 2.45) is 0 Å². The van der Waals surface area contributed by atoms with Crippen molar-refractivity contribution >= 4 is 28.9 Å². The van der Waals surface area contributed by atoms with E-state index in [0.29, 0.717) is 11.3 Å². The van der Waals surface area contributed by atoms with Gasteiger partial charge in [-0.1, -0.05) is 12.1 Å². The van der Waals surface area contributed by atoms with Crippen LogP contribution in [-0.4, -0.2) is 18.1 Å². The lowest BCUT2D eigenvalue weighted by molar-refractivity contribution is 0.0977. The fourth-order valence-corrected chi connectivity index (χ4v) is 2.36. The van der Waals surface area contributed by atoms with Crippen molar-refractivity contribution in [3.8, 4) is 5.75 Å². The maximum atomic E-state index is 12.2. The number of carbonyl (C=O) groups is 1. The molecule has 114 valence electrons. The molecule has 5 heteroatoms. The number of nitrogens with one attached hydrogen (secondary N) is 2. The minimum absolute atomic E-state index is 0.262. The second kappa shape index (κ2) is 7.04. The van der Waals surface area contributed by atoms with Gasteiger partial charge >= 0.3 is 0 Å². The number of methoxy groups -OCH3 is 1. The number of rotatable bonds is 3. The highest BCUT2D eigenvalue weighted by atomic mass is 32.1. The molecule has 0 aliphatic carbocycles. The van der Waals surface area contributed by atoms with Crippen molar-refractivity contribution < 1.29 is 9.53 Å². The van der Waals surface area contributed by atoms with Crippen LogP contribution in [0.3, 0.4) is 0 Å². The Morgan fingerprint density at radius 1 is 1.09 bits per heavy atom. The van der Waals surface area contributed by atoms with E-state index in [1.165, 1.54) is 0 Å². The predicted octanol–water partition coefficient (Wildman–Crippen LogP) is 3.44. The monoisotopic (exact) mass is 314 g/mol. The number of hydrogen-bond donors (Lipinski definition) is 2. The van der Waals surface area contributed by atoms with Crippen LogP contribution in [0.4, 0.5) is 5.69 Å². The van der Waals surface area contributed by atoms with Crippen molar-refractivity contribution in [2.45, 2.75) is 13.8 Å². The van der Waals surface area contributed by atoms with E-state index >= 15 is 0 Å². The second-order valence-electron chi connectivity index (χ2n) is 5.02. The Labute approximate surface area is 135 Å². The number of hydrogen-bond acceptors (Lipinski definition) is 3. The summed E-state index contributed by atoms with van der Waals surface area (Å²) in [6.45, 7) is 4.02. The van der Waals surface area contributed by atoms with E-state index in [0.717, 1.165) is 16.8 Å². The van der Waals surface area contributed by atoms with E-state index in [1.54, 1.807) is 31.4 Å². The highest BCUT2D eigenvalue weighted by Crippen LogP contribution is 2.14. The molecule has 0 saturated heterocycles. The molecule has 0 aliphatic rings. The number of carbonyl (C=O) groups excluding carboxylic acids is 1. The number of benzene rings is 2. The maximum Gasteiger partial charge on any atom is 0.257 e. The Bertz CT molecular complexity index is 693. The van der Waals surface area contributed by atoms with E-state index in [1.807, 2.05) is 26.0 Å². The summed E-state index contributed by atoms with van der Waals surface area (Å²) >= 11 is 5.19. The van der Waals surface area contributed by atoms with E-state index in [2.05, 4.69) is 16.7 Å².